The molecule has 1 fully saturated rings. The predicted octanol–water partition coefficient (Wildman–Crippen LogP) is 3.16. The van der Waals surface area contributed by atoms with E-state index in [1.807, 2.05) is 0 Å². The summed E-state index contributed by atoms with van der Waals surface area (Å²) in [5.41, 5.74) is 0.625. The highest BCUT2D eigenvalue weighted by atomic mass is 35.5. The molecule has 2 rings (SSSR count). The van der Waals surface area contributed by atoms with Crippen LogP contribution in [-0.4, -0.2) is 48.6 Å². The summed E-state index contributed by atoms with van der Waals surface area (Å²) in [6, 6.07) is 4.91. The normalized spacial score (nSPS) is 16.5. The number of rotatable bonds is 2. The third-order valence-corrected chi connectivity index (χ3v) is 3.66. The zero-order valence-corrected chi connectivity index (χ0v) is 12.3. The second-order valence-electron chi connectivity index (χ2n) is 4.51. The molecule has 0 aromatic heterocycles. The van der Waals surface area contributed by atoms with Gasteiger partial charge >= 0.3 is 6.03 Å². The zero-order chi connectivity index (χ0) is 13.8. The van der Waals surface area contributed by atoms with Crippen molar-refractivity contribution < 1.29 is 4.79 Å². The van der Waals surface area contributed by atoms with Crippen molar-refractivity contribution in [3.05, 3.63) is 28.2 Å². The molecule has 0 atom stereocenters. The number of hydrogen-bond donors (Lipinski definition) is 1. The van der Waals surface area contributed by atoms with Gasteiger partial charge in [-0.3, -0.25) is 0 Å². The second-order valence-corrected chi connectivity index (χ2v) is 5.38. The number of nitrogens with zero attached hydrogens (tertiary/aromatic N) is 2. The molecule has 1 aliphatic heterocycles. The van der Waals surface area contributed by atoms with Crippen LogP contribution < -0.4 is 5.32 Å². The van der Waals surface area contributed by atoms with Crippen molar-refractivity contribution in [3.8, 4) is 0 Å². The van der Waals surface area contributed by atoms with Crippen LogP contribution >= 0.6 is 23.2 Å². The Morgan fingerprint density at radius 2 is 1.74 bits per heavy atom. The lowest BCUT2D eigenvalue weighted by Gasteiger charge is -2.34. The van der Waals surface area contributed by atoms with E-state index in [0.29, 0.717) is 15.7 Å². The molecule has 1 saturated heterocycles. The Kier molecular flexibility index (Phi) is 4.91. The van der Waals surface area contributed by atoms with E-state index in [0.717, 1.165) is 32.7 Å². The summed E-state index contributed by atoms with van der Waals surface area (Å²) in [5, 5.41) is 3.85. The maximum absolute atomic E-state index is 12.1. The van der Waals surface area contributed by atoms with E-state index < -0.39 is 0 Å². The summed E-state index contributed by atoms with van der Waals surface area (Å²) in [4.78, 5) is 16.2. The van der Waals surface area contributed by atoms with Crippen molar-refractivity contribution in [2.75, 3.05) is 38.0 Å². The van der Waals surface area contributed by atoms with Crippen LogP contribution in [0, 0.1) is 0 Å². The first-order valence-electron chi connectivity index (χ1n) is 6.33. The molecule has 0 bridgehead atoms. The second kappa shape index (κ2) is 6.46. The number of nitrogens with one attached hydrogen (secondary N) is 1. The number of benzene rings is 1. The number of hydrogen-bond acceptors (Lipinski definition) is 2. The highest BCUT2D eigenvalue weighted by Gasteiger charge is 2.20. The van der Waals surface area contributed by atoms with Crippen LogP contribution in [0.3, 0.4) is 0 Å². The monoisotopic (exact) mass is 301 g/mol. The van der Waals surface area contributed by atoms with Gasteiger partial charge in [-0.25, -0.2) is 4.79 Å². The van der Waals surface area contributed by atoms with Gasteiger partial charge < -0.3 is 15.1 Å². The van der Waals surface area contributed by atoms with Crippen molar-refractivity contribution in [1.29, 1.82) is 0 Å². The predicted molar refractivity (Wildman–Crippen MR) is 79.2 cm³/mol. The van der Waals surface area contributed by atoms with E-state index in [1.165, 1.54) is 0 Å². The SMILES string of the molecule is CCN1CCN(C(=O)Nc2cc(Cl)cc(Cl)c2)CC1. The number of amides is 2. The van der Waals surface area contributed by atoms with Crippen molar-refractivity contribution in [2.24, 2.45) is 0 Å². The van der Waals surface area contributed by atoms with E-state index in [2.05, 4.69) is 17.1 Å². The first-order chi connectivity index (χ1) is 9.08. The fraction of sp³-hybridized carbons (Fsp3) is 0.462. The molecule has 1 aliphatic rings. The van der Waals surface area contributed by atoms with Crippen LogP contribution in [0.1, 0.15) is 6.92 Å². The standard InChI is InChI=1S/C13H17Cl2N3O/c1-2-17-3-5-18(6-4-17)13(19)16-12-8-10(14)7-11(15)9-12/h7-9H,2-6H2,1H3,(H,16,19). The van der Waals surface area contributed by atoms with Crippen molar-refractivity contribution in [1.82, 2.24) is 9.80 Å². The summed E-state index contributed by atoms with van der Waals surface area (Å²) in [6.45, 7) is 6.48. The Bertz CT molecular complexity index is 439. The van der Waals surface area contributed by atoms with Crippen molar-refractivity contribution >= 4 is 34.9 Å². The Labute approximate surface area is 123 Å². The van der Waals surface area contributed by atoms with Crippen LogP contribution in [0.2, 0.25) is 10.0 Å². The molecule has 0 unspecified atom stereocenters. The number of carbonyl (C=O) groups excluding carboxylic acids is 1. The Morgan fingerprint density at radius 1 is 1.16 bits per heavy atom. The molecule has 1 heterocycles. The molecule has 104 valence electrons. The molecule has 19 heavy (non-hydrogen) atoms. The molecular weight excluding hydrogens is 285 g/mol. The van der Waals surface area contributed by atoms with Crippen molar-refractivity contribution in [3.63, 3.8) is 0 Å². The first kappa shape index (κ1) is 14.4. The van der Waals surface area contributed by atoms with Crippen LogP contribution in [0.4, 0.5) is 10.5 Å². The van der Waals surface area contributed by atoms with Crippen LogP contribution in [0.25, 0.3) is 0 Å². The van der Waals surface area contributed by atoms with Gasteiger partial charge in [-0.1, -0.05) is 30.1 Å². The maximum Gasteiger partial charge on any atom is 0.321 e. The van der Waals surface area contributed by atoms with Gasteiger partial charge in [0, 0.05) is 41.9 Å². The molecule has 1 aromatic carbocycles. The van der Waals surface area contributed by atoms with Gasteiger partial charge in [-0.15, -0.1) is 0 Å². The van der Waals surface area contributed by atoms with Gasteiger partial charge in [0.2, 0.25) is 0 Å². The highest BCUT2D eigenvalue weighted by Crippen LogP contribution is 2.22. The largest absolute Gasteiger partial charge is 0.322 e. The molecule has 1 aromatic rings. The van der Waals surface area contributed by atoms with Crippen LogP contribution in [0.5, 0.6) is 0 Å². The summed E-state index contributed by atoms with van der Waals surface area (Å²) < 4.78 is 0. The van der Waals surface area contributed by atoms with E-state index in [-0.39, 0.29) is 6.03 Å². The molecule has 0 radical (unpaired) electrons. The Morgan fingerprint density at radius 3 is 2.26 bits per heavy atom. The lowest BCUT2D eigenvalue weighted by Crippen LogP contribution is -2.49. The van der Waals surface area contributed by atoms with E-state index in [4.69, 9.17) is 23.2 Å². The van der Waals surface area contributed by atoms with Gasteiger partial charge in [-0.05, 0) is 24.7 Å². The zero-order valence-electron chi connectivity index (χ0n) is 10.8. The molecule has 1 N–H and O–H groups in total. The minimum Gasteiger partial charge on any atom is -0.322 e. The lowest BCUT2D eigenvalue weighted by molar-refractivity contribution is 0.151. The van der Waals surface area contributed by atoms with E-state index >= 15 is 0 Å². The van der Waals surface area contributed by atoms with Crippen molar-refractivity contribution in [2.45, 2.75) is 6.92 Å². The topological polar surface area (TPSA) is 35.6 Å². The van der Waals surface area contributed by atoms with Crippen LogP contribution in [-0.2, 0) is 0 Å². The third-order valence-electron chi connectivity index (χ3n) is 3.22. The minimum atomic E-state index is -0.103. The fourth-order valence-electron chi connectivity index (χ4n) is 2.10. The molecule has 0 saturated carbocycles. The van der Waals surface area contributed by atoms with E-state index in [1.54, 1.807) is 23.1 Å². The number of anilines is 1. The summed E-state index contributed by atoms with van der Waals surface area (Å²) >= 11 is 11.8. The lowest BCUT2D eigenvalue weighted by atomic mass is 10.3. The molecular formula is C13H17Cl2N3O. The number of likely N-dealkylation sites (N-methyl/N-ethyl adjacent to an activating group) is 1. The maximum atomic E-state index is 12.1. The molecule has 2 amide bonds. The first-order valence-corrected chi connectivity index (χ1v) is 7.08. The molecule has 4 nitrogen and oxygen atoms in total. The fourth-order valence-corrected chi connectivity index (χ4v) is 2.62. The summed E-state index contributed by atoms with van der Waals surface area (Å²) in [6.07, 6.45) is 0. The van der Waals surface area contributed by atoms with Gasteiger partial charge in [0.25, 0.3) is 0 Å². The van der Waals surface area contributed by atoms with Gasteiger partial charge in [0.05, 0.1) is 0 Å². The molecule has 0 aliphatic carbocycles. The van der Waals surface area contributed by atoms with Gasteiger partial charge in [0.15, 0.2) is 0 Å². The minimum absolute atomic E-state index is 0.103. The number of urea groups is 1. The average Bonchev–Trinajstić information content (AvgIpc) is 2.37. The number of piperazine rings is 1. The van der Waals surface area contributed by atoms with Gasteiger partial charge in [-0.2, -0.15) is 0 Å². The summed E-state index contributed by atoms with van der Waals surface area (Å²) in [7, 11) is 0. The number of halogens is 2. The van der Waals surface area contributed by atoms with Crippen LogP contribution in [0.15, 0.2) is 18.2 Å². The third kappa shape index (κ3) is 4.00. The molecule has 6 heteroatoms. The number of carbonyl (C=O) groups is 1. The quantitative estimate of drug-likeness (QED) is 0.911. The molecule has 0 spiro atoms. The Balaban J connectivity index is 1.94. The van der Waals surface area contributed by atoms with Gasteiger partial charge in [0.1, 0.15) is 0 Å². The van der Waals surface area contributed by atoms with E-state index in [9.17, 15) is 4.79 Å². The Hall–Kier alpha value is -0.970. The average molecular weight is 302 g/mol. The summed E-state index contributed by atoms with van der Waals surface area (Å²) in [5.74, 6) is 0. The highest BCUT2D eigenvalue weighted by molar-refractivity contribution is 6.35. The smallest absolute Gasteiger partial charge is 0.321 e.